The second-order valence-electron chi connectivity index (χ2n) is 8.19. The lowest BCUT2D eigenvalue weighted by molar-refractivity contribution is -0.121. The van der Waals surface area contributed by atoms with Gasteiger partial charge in [-0.25, -0.2) is 13.8 Å². The van der Waals surface area contributed by atoms with Crippen molar-refractivity contribution in [1.29, 1.82) is 0 Å². The number of nitrogens with zero attached hydrogens (tertiary/aromatic N) is 5. The number of likely N-dealkylation sites (tertiary alicyclic amines) is 1. The summed E-state index contributed by atoms with van der Waals surface area (Å²) in [5.74, 6) is 0.194. The molecule has 0 bridgehead atoms. The van der Waals surface area contributed by atoms with Gasteiger partial charge in [-0.3, -0.25) is 4.90 Å². The van der Waals surface area contributed by atoms with E-state index in [0.717, 1.165) is 49.9 Å². The van der Waals surface area contributed by atoms with Gasteiger partial charge < -0.3 is 19.8 Å². The first-order chi connectivity index (χ1) is 13.4. The van der Waals surface area contributed by atoms with Gasteiger partial charge in [0.05, 0.1) is 17.6 Å². The van der Waals surface area contributed by atoms with Crippen molar-refractivity contribution < 1.29 is 13.9 Å². The highest BCUT2D eigenvalue weighted by Crippen LogP contribution is 2.43. The topological polar surface area (TPSA) is 46.1 Å². The van der Waals surface area contributed by atoms with Crippen LogP contribution in [0.2, 0.25) is 0 Å². The number of benzene rings is 1. The van der Waals surface area contributed by atoms with Crippen LogP contribution in [0.3, 0.4) is 0 Å². The van der Waals surface area contributed by atoms with Crippen LogP contribution in [-0.2, 0) is 0 Å². The van der Waals surface area contributed by atoms with Crippen LogP contribution < -0.4 is 14.7 Å². The average Bonchev–Trinajstić information content (AvgIpc) is 2.61. The number of pyridine rings is 1. The van der Waals surface area contributed by atoms with Crippen LogP contribution in [-0.4, -0.2) is 67.7 Å². The maximum Gasteiger partial charge on any atom is 0.186 e. The number of halogens is 2. The number of aliphatic hydroxyl groups excluding tert-OH is 1. The fourth-order valence-electron chi connectivity index (χ4n) is 4.64. The molecule has 3 aliphatic rings. The molecule has 6 nitrogen and oxygen atoms in total. The second-order valence-corrected chi connectivity index (χ2v) is 8.19. The summed E-state index contributed by atoms with van der Waals surface area (Å²) in [5.41, 5.74) is 1.82. The van der Waals surface area contributed by atoms with E-state index in [9.17, 15) is 13.9 Å². The van der Waals surface area contributed by atoms with E-state index in [1.165, 1.54) is 24.4 Å². The lowest BCUT2D eigenvalue weighted by Gasteiger charge is -2.62. The predicted molar refractivity (Wildman–Crippen MR) is 103 cm³/mol. The third-order valence-corrected chi connectivity index (χ3v) is 6.11. The number of hydrogen-bond donors (Lipinski definition) is 1. The van der Waals surface area contributed by atoms with Gasteiger partial charge in [-0.05, 0) is 30.3 Å². The van der Waals surface area contributed by atoms with Crippen molar-refractivity contribution in [3.8, 4) is 0 Å². The number of rotatable bonds is 3. The molecule has 8 heteroatoms. The van der Waals surface area contributed by atoms with Crippen LogP contribution >= 0.6 is 0 Å². The van der Waals surface area contributed by atoms with E-state index in [2.05, 4.69) is 9.88 Å². The van der Waals surface area contributed by atoms with Crippen LogP contribution in [0.1, 0.15) is 0 Å². The van der Waals surface area contributed by atoms with Crippen LogP contribution in [0.15, 0.2) is 36.5 Å². The number of hydrogen-bond acceptors (Lipinski definition) is 6. The fraction of sp³-hybridized carbons (Fsp3) is 0.450. The quantitative estimate of drug-likeness (QED) is 0.865. The van der Waals surface area contributed by atoms with Crippen molar-refractivity contribution >= 4 is 17.2 Å². The monoisotopic (exact) mass is 387 g/mol. The molecule has 1 N–H and O–H groups in total. The molecule has 1 aromatic heterocycles. The van der Waals surface area contributed by atoms with Gasteiger partial charge >= 0.3 is 0 Å². The van der Waals surface area contributed by atoms with Crippen LogP contribution in [0.4, 0.5) is 26.0 Å². The molecule has 2 saturated heterocycles. The van der Waals surface area contributed by atoms with E-state index in [0.29, 0.717) is 6.54 Å². The van der Waals surface area contributed by atoms with Crippen molar-refractivity contribution in [3.63, 3.8) is 0 Å². The molecular weight excluding hydrogens is 364 g/mol. The van der Waals surface area contributed by atoms with E-state index in [4.69, 9.17) is 0 Å². The summed E-state index contributed by atoms with van der Waals surface area (Å²) in [5, 5.41) is 10.9. The number of fused-ring (bicyclic) bond motifs is 1. The Bertz CT molecular complexity index is 879. The summed E-state index contributed by atoms with van der Waals surface area (Å²) in [6.45, 7) is 4.74. The molecule has 3 aliphatic heterocycles. The van der Waals surface area contributed by atoms with Gasteiger partial charge in [0.2, 0.25) is 0 Å². The molecule has 28 heavy (non-hydrogen) atoms. The predicted octanol–water partition coefficient (Wildman–Crippen LogP) is 1.71. The van der Waals surface area contributed by atoms with Crippen LogP contribution in [0.25, 0.3) is 0 Å². The summed E-state index contributed by atoms with van der Waals surface area (Å²) in [7, 11) is 1.94. The van der Waals surface area contributed by atoms with Crippen LogP contribution in [0, 0.1) is 17.0 Å². The van der Waals surface area contributed by atoms with Crippen molar-refractivity contribution in [1.82, 2.24) is 9.88 Å². The minimum atomic E-state index is -0.721. The molecule has 0 saturated carbocycles. The van der Waals surface area contributed by atoms with Gasteiger partial charge in [0.25, 0.3) is 0 Å². The maximum atomic E-state index is 13.6. The SMILES string of the molecule is CN1CCN(C(O)N2CC3(CN(c4ccc(F)cn4)C3)C2)c2ccc(F)cc21. The zero-order valence-electron chi connectivity index (χ0n) is 15.7. The smallest absolute Gasteiger partial charge is 0.186 e. The molecule has 1 atom stereocenters. The molecular formula is C20H23F2N5O. The summed E-state index contributed by atoms with van der Waals surface area (Å²) in [6.07, 6.45) is 0.520. The molecule has 2 aromatic rings. The van der Waals surface area contributed by atoms with Gasteiger partial charge in [0.15, 0.2) is 6.35 Å². The minimum absolute atomic E-state index is 0.162. The van der Waals surface area contributed by atoms with Gasteiger partial charge in [-0.15, -0.1) is 0 Å². The molecule has 148 valence electrons. The van der Waals surface area contributed by atoms with E-state index >= 15 is 0 Å². The highest BCUT2D eigenvalue weighted by Gasteiger charge is 2.54. The van der Waals surface area contributed by atoms with Gasteiger partial charge in [0.1, 0.15) is 17.5 Å². The highest BCUT2D eigenvalue weighted by atomic mass is 19.1. The molecule has 1 unspecified atom stereocenters. The van der Waals surface area contributed by atoms with E-state index in [-0.39, 0.29) is 17.0 Å². The second kappa shape index (κ2) is 6.28. The first kappa shape index (κ1) is 17.6. The van der Waals surface area contributed by atoms with E-state index in [1.54, 1.807) is 12.1 Å². The van der Waals surface area contributed by atoms with E-state index in [1.807, 2.05) is 21.7 Å². The minimum Gasteiger partial charge on any atom is -0.371 e. The summed E-state index contributed by atoms with van der Waals surface area (Å²) >= 11 is 0. The number of anilines is 3. The fourth-order valence-corrected chi connectivity index (χ4v) is 4.64. The van der Waals surface area contributed by atoms with Gasteiger partial charge in [0, 0.05) is 51.7 Å². The Kier molecular flexibility index (Phi) is 3.96. The molecule has 2 fully saturated rings. The Morgan fingerprint density at radius 1 is 1.00 bits per heavy atom. The highest BCUT2D eigenvalue weighted by molar-refractivity contribution is 5.73. The lowest BCUT2D eigenvalue weighted by atomic mass is 9.73. The van der Waals surface area contributed by atoms with E-state index < -0.39 is 6.35 Å². The molecule has 1 aromatic carbocycles. The number of aliphatic hydroxyl groups is 1. The third kappa shape index (κ3) is 2.79. The zero-order valence-corrected chi connectivity index (χ0v) is 15.7. The van der Waals surface area contributed by atoms with Crippen molar-refractivity contribution in [2.75, 3.05) is 61.0 Å². The molecule has 0 amide bonds. The Labute approximate surface area is 162 Å². The summed E-state index contributed by atoms with van der Waals surface area (Å²) in [4.78, 5) is 12.3. The van der Waals surface area contributed by atoms with Crippen molar-refractivity contribution in [2.24, 2.45) is 5.41 Å². The summed E-state index contributed by atoms with van der Waals surface area (Å²) < 4.78 is 26.7. The maximum absolute atomic E-state index is 13.6. The van der Waals surface area contributed by atoms with Crippen LogP contribution in [0.5, 0.6) is 0 Å². The first-order valence-corrected chi connectivity index (χ1v) is 9.50. The molecule has 0 aliphatic carbocycles. The Hall–Kier alpha value is -2.45. The normalized spacial score (nSPS) is 21.9. The molecule has 4 heterocycles. The Balaban J connectivity index is 1.23. The molecule has 5 rings (SSSR count). The number of aromatic nitrogens is 1. The molecule has 0 radical (unpaired) electrons. The van der Waals surface area contributed by atoms with Gasteiger partial charge in [-0.2, -0.15) is 0 Å². The van der Waals surface area contributed by atoms with Gasteiger partial charge in [-0.1, -0.05) is 0 Å². The standard InChI is InChI=1S/C20H23F2N5O/c1-24-6-7-27(16-4-2-14(21)8-17(16)24)19(28)26-12-20(13-26)10-25(11-20)18-5-3-15(22)9-23-18/h2-5,8-9,19,28H,6-7,10-13H2,1H3. The zero-order chi connectivity index (χ0) is 19.5. The van der Waals surface area contributed by atoms with Crippen molar-refractivity contribution in [2.45, 2.75) is 6.35 Å². The lowest BCUT2D eigenvalue weighted by Crippen LogP contribution is -2.75. The van der Waals surface area contributed by atoms with Crippen molar-refractivity contribution in [3.05, 3.63) is 48.2 Å². The largest absolute Gasteiger partial charge is 0.371 e. The summed E-state index contributed by atoms with van der Waals surface area (Å²) in [6, 6.07) is 7.83. The Morgan fingerprint density at radius 2 is 1.75 bits per heavy atom. The third-order valence-electron chi connectivity index (χ3n) is 6.11. The number of likely N-dealkylation sites (N-methyl/N-ethyl adjacent to an activating group) is 1. The molecule has 1 spiro atoms. The average molecular weight is 387 g/mol. The first-order valence-electron chi connectivity index (χ1n) is 9.50. The Morgan fingerprint density at radius 3 is 2.46 bits per heavy atom.